The summed E-state index contributed by atoms with van der Waals surface area (Å²) >= 11 is 5.39. The minimum Gasteiger partial charge on any atom is -0.326 e. The molecule has 1 aromatic rings. The highest BCUT2D eigenvalue weighted by Crippen LogP contribution is 2.32. The molecule has 0 aliphatic heterocycles. The molecular formula is C17H31BrN2S. The van der Waals surface area contributed by atoms with Gasteiger partial charge in [0, 0.05) is 20.8 Å². The van der Waals surface area contributed by atoms with E-state index >= 15 is 0 Å². The third kappa shape index (κ3) is 6.81. The summed E-state index contributed by atoms with van der Waals surface area (Å²) in [5.41, 5.74) is 6.34. The Morgan fingerprint density at radius 1 is 1.10 bits per heavy atom. The lowest BCUT2D eigenvalue weighted by Crippen LogP contribution is -2.40. The molecule has 0 radical (unpaired) electrons. The van der Waals surface area contributed by atoms with Crippen molar-refractivity contribution in [3.8, 4) is 0 Å². The van der Waals surface area contributed by atoms with Gasteiger partial charge in [-0.1, -0.05) is 27.7 Å². The predicted octanol–water partition coefficient (Wildman–Crippen LogP) is 5.29. The van der Waals surface area contributed by atoms with E-state index in [4.69, 9.17) is 5.73 Å². The van der Waals surface area contributed by atoms with Crippen LogP contribution in [0.2, 0.25) is 0 Å². The SMILES string of the molecule is CC(C)CCN(CCC(C)C)C(c1cc(Br)cs1)C(C)N. The molecule has 1 heterocycles. The summed E-state index contributed by atoms with van der Waals surface area (Å²) in [7, 11) is 0. The maximum absolute atomic E-state index is 6.34. The molecule has 21 heavy (non-hydrogen) atoms. The van der Waals surface area contributed by atoms with Crippen molar-refractivity contribution in [2.75, 3.05) is 13.1 Å². The highest BCUT2D eigenvalue weighted by atomic mass is 79.9. The van der Waals surface area contributed by atoms with Crippen molar-refractivity contribution in [3.63, 3.8) is 0 Å². The van der Waals surface area contributed by atoms with Crippen LogP contribution in [0.25, 0.3) is 0 Å². The van der Waals surface area contributed by atoms with Gasteiger partial charge >= 0.3 is 0 Å². The van der Waals surface area contributed by atoms with Crippen molar-refractivity contribution in [3.05, 3.63) is 20.8 Å². The molecule has 0 bridgehead atoms. The molecule has 2 unspecified atom stereocenters. The third-order valence-corrected chi connectivity index (χ3v) is 5.52. The standard InChI is InChI=1S/C17H31BrN2S/c1-12(2)6-8-20(9-7-13(3)4)17(14(5)19)16-10-15(18)11-21-16/h10-14,17H,6-9,19H2,1-5H3. The van der Waals surface area contributed by atoms with Crippen molar-refractivity contribution in [1.29, 1.82) is 0 Å². The number of hydrogen-bond donors (Lipinski definition) is 1. The molecule has 2 N–H and O–H groups in total. The van der Waals surface area contributed by atoms with E-state index < -0.39 is 0 Å². The average molecular weight is 375 g/mol. The summed E-state index contributed by atoms with van der Waals surface area (Å²) in [6, 6.07) is 2.71. The number of nitrogens with zero attached hydrogens (tertiary/aromatic N) is 1. The first kappa shape index (κ1) is 19.1. The van der Waals surface area contributed by atoms with E-state index in [2.05, 4.69) is 66.9 Å². The molecule has 0 spiro atoms. The number of thiophene rings is 1. The number of hydrogen-bond acceptors (Lipinski definition) is 3. The van der Waals surface area contributed by atoms with Crippen molar-refractivity contribution in [2.45, 2.75) is 59.5 Å². The zero-order valence-corrected chi connectivity index (χ0v) is 16.5. The predicted molar refractivity (Wildman–Crippen MR) is 98.9 cm³/mol. The Morgan fingerprint density at radius 3 is 1.95 bits per heavy atom. The molecule has 1 rings (SSSR count). The van der Waals surface area contributed by atoms with Gasteiger partial charge in [-0.05, 0) is 66.7 Å². The van der Waals surface area contributed by atoms with E-state index in [1.165, 1.54) is 22.2 Å². The molecule has 0 amide bonds. The van der Waals surface area contributed by atoms with E-state index in [-0.39, 0.29) is 6.04 Å². The highest BCUT2D eigenvalue weighted by Gasteiger charge is 2.25. The topological polar surface area (TPSA) is 29.3 Å². The molecular weight excluding hydrogens is 344 g/mol. The van der Waals surface area contributed by atoms with Crippen LogP contribution in [0.4, 0.5) is 0 Å². The fourth-order valence-electron chi connectivity index (χ4n) is 2.49. The van der Waals surface area contributed by atoms with Crippen molar-refractivity contribution >= 4 is 27.3 Å². The summed E-state index contributed by atoms with van der Waals surface area (Å²) in [6.07, 6.45) is 2.46. The van der Waals surface area contributed by atoms with Crippen LogP contribution in [-0.4, -0.2) is 24.0 Å². The second kappa shape index (κ2) is 9.29. The van der Waals surface area contributed by atoms with Gasteiger partial charge in [-0.2, -0.15) is 0 Å². The molecule has 0 aliphatic rings. The van der Waals surface area contributed by atoms with E-state index in [0.29, 0.717) is 6.04 Å². The maximum Gasteiger partial charge on any atom is 0.0591 e. The average Bonchev–Trinajstić information content (AvgIpc) is 2.77. The smallest absolute Gasteiger partial charge is 0.0591 e. The minimum absolute atomic E-state index is 0.148. The number of nitrogens with two attached hydrogens (primary N) is 1. The maximum atomic E-state index is 6.34. The summed E-state index contributed by atoms with van der Waals surface area (Å²) in [6.45, 7) is 13.6. The summed E-state index contributed by atoms with van der Waals surface area (Å²) in [5.74, 6) is 1.46. The van der Waals surface area contributed by atoms with Crippen LogP contribution in [-0.2, 0) is 0 Å². The van der Waals surface area contributed by atoms with E-state index in [1.54, 1.807) is 0 Å². The van der Waals surface area contributed by atoms with Gasteiger partial charge in [0.15, 0.2) is 0 Å². The Balaban J connectivity index is 2.87. The monoisotopic (exact) mass is 374 g/mol. The Hall–Kier alpha value is 0.1000. The Labute approximate surface area is 143 Å². The summed E-state index contributed by atoms with van der Waals surface area (Å²) in [4.78, 5) is 3.98. The van der Waals surface area contributed by atoms with Gasteiger partial charge < -0.3 is 5.73 Å². The molecule has 0 fully saturated rings. The van der Waals surface area contributed by atoms with Gasteiger partial charge in [0.05, 0.1) is 6.04 Å². The quantitative estimate of drug-likeness (QED) is 0.635. The van der Waals surface area contributed by atoms with Crippen molar-refractivity contribution in [1.82, 2.24) is 4.90 Å². The van der Waals surface area contributed by atoms with Crippen LogP contribution in [0.15, 0.2) is 15.9 Å². The molecule has 1 aromatic heterocycles. The number of rotatable bonds is 9. The molecule has 2 atom stereocenters. The molecule has 0 aromatic carbocycles. The van der Waals surface area contributed by atoms with E-state index in [1.807, 2.05) is 11.3 Å². The van der Waals surface area contributed by atoms with Crippen LogP contribution < -0.4 is 5.73 Å². The first-order valence-electron chi connectivity index (χ1n) is 8.04. The van der Waals surface area contributed by atoms with Crippen LogP contribution >= 0.6 is 27.3 Å². The summed E-state index contributed by atoms with van der Waals surface area (Å²) < 4.78 is 1.17. The van der Waals surface area contributed by atoms with E-state index in [0.717, 1.165) is 24.9 Å². The van der Waals surface area contributed by atoms with Crippen LogP contribution in [0.3, 0.4) is 0 Å². The molecule has 0 aliphatic carbocycles. The highest BCUT2D eigenvalue weighted by molar-refractivity contribution is 9.10. The largest absolute Gasteiger partial charge is 0.326 e. The van der Waals surface area contributed by atoms with Crippen LogP contribution in [0.5, 0.6) is 0 Å². The zero-order valence-electron chi connectivity index (χ0n) is 14.1. The Morgan fingerprint density at radius 2 is 1.62 bits per heavy atom. The molecule has 2 nitrogen and oxygen atoms in total. The van der Waals surface area contributed by atoms with Gasteiger partial charge in [0.25, 0.3) is 0 Å². The normalized spacial score (nSPS) is 15.1. The lowest BCUT2D eigenvalue weighted by Gasteiger charge is -2.34. The van der Waals surface area contributed by atoms with Gasteiger partial charge in [0.1, 0.15) is 0 Å². The van der Waals surface area contributed by atoms with Crippen molar-refractivity contribution < 1.29 is 0 Å². The second-order valence-corrected chi connectivity index (χ2v) is 8.73. The first-order valence-corrected chi connectivity index (χ1v) is 9.72. The van der Waals surface area contributed by atoms with Gasteiger partial charge in [0.2, 0.25) is 0 Å². The molecule has 0 saturated carbocycles. The lowest BCUT2D eigenvalue weighted by atomic mass is 10.0. The fraction of sp³-hybridized carbons (Fsp3) is 0.765. The van der Waals surface area contributed by atoms with Crippen LogP contribution in [0.1, 0.15) is 58.4 Å². The zero-order chi connectivity index (χ0) is 16.0. The third-order valence-electron chi connectivity index (χ3n) is 3.76. The van der Waals surface area contributed by atoms with E-state index in [9.17, 15) is 0 Å². The summed E-state index contributed by atoms with van der Waals surface area (Å²) in [5, 5.41) is 2.16. The second-order valence-electron chi connectivity index (χ2n) is 6.87. The molecule has 4 heteroatoms. The van der Waals surface area contributed by atoms with Gasteiger partial charge in [-0.3, -0.25) is 4.90 Å². The van der Waals surface area contributed by atoms with Crippen LogP contribution in [0, 0.1) is 11.8 Å². The molecule has 0 saturated heterocycles. The lowest BCUT2D eigenvalue weighted by molar-refractivity contribution is 0.161. The van der Waals surface area contributed by atoms with Gasteiger partial charge in [-0.25, -0.2) is 0 Å². The number of halogens is 1. The van der Waals surface area contributed by atoms with Gasteiger partial charge in [-0.15, -0.1) is 11.3 Å². The fourth-order valence-corrected chi connectivity index (χ4v) is 4.19. The molecule has 122 valence electrons. The minimum atomic E-state index is 0.148. The Kier molecular flexibility index (Phi) is 8.47. The Bertz CT molecular complexity index is 389. The van der Waals surface area contributed by atoms with Crippen molar-refractivity contribution in [2.24, 2.45) is 17.6 Å². The first-order chi connectivity index (χ1) is 9.81.